The number of rotatable bonds is 53. The quantitative estimate of drug-likeness (QED) is 0.0195. The number of ether oxygens (including phenoxy) is 2. The van der Waals surface area contributed by atoms with Gasteiger partial charge in [-0.3, -0.25) is 14.2 Å². The lowest BCUT2D eigenvalue weighted by atomic mass is 10.1. The lowest BCUT2D eigenvalue weighted by Crippen LogP contribution is -2.37. The molecule has 0 spiro atoms. The third-order valence-corrected chi connectivity index (χ3v) is 13.0. The van der Waals surface area contributed by atoms with Crippen LogP contribution in [0.3, 0.4) is 0 Å². The number of allylic oxidation sites excluding steroid dienone is 26. The fraction of sp³-hybridized carbons (Fsp3) is 0.588. The van der Waals surface area contributed by atoms with Crippen LogP contribution in [0.15, 0.2) is 158 Å². The Morgan fingerprint density at radius 2 is 0.692 bits per heavy atom. The van der Waals surface area contributed by atoms with Crippen molar-refractivity contribution in [2.24, 2.45) is 0 Å². The fourth-order valence-electron chi connectivity index (χ4n) is 7.46. The van der Waals surface area contributed by atoms with Crippen LogP contribution in [0.1, 0.15) is 206 Å². The number of esters is 2. The van der Waals surface area contributed by atoms with Crippen molar-refractivity contribution in [3.63, 3.8) is 0 Å². The van der Waals surface area contributed by atoms with Gasteiger partial charge in [-0.15, -0.1) is 0 Å². The zero-order valence-electron chi connectivity index (χ0n) is 49.8. The Labute approximate surface area is 477 Å². The van der Waals surface area contributed by atoms with Crippen molar-refractivity contribution in [1.82, 2.24) is 0 Å². The van der Waals surface area contributed by atoms with Crippen molar-refractivity contribution in [2.45, 2.75) is 213 Å². The first-order valence-corrected chi connectivity index (χ1v) is 31.7. The molecule has 0 aromatic heterocycles. The fourth-order valence-corrected chi connectivity index (χ4v) is 8.19. The van der Waals surface area contributed by atoms with Gasteiger partial charge in [-0.25, -0.2) is 0 Å². The number of phosphoric ester groups is 1. The van der Waals surface area contributed by atoms with Crippen LogP contribution in [0.25, 0.3) is 0 Å². The third-order valence-electron chi connectivity index (χ3n) is 12.0. The number of hydrogen-bond donors (Lipinski definition) is 0. The molecule has 0 bridgehead atoms. The maximum absolute atomic E-state index is 12.8. The minimum atomic E-state index is -4.65. The van der Waals surface area contributed by atoms with Crippen molar-refractivity contribution < 1.29 is 42.1 Å². The van der Waals surface area contributed by atoms with Crippen molar-refractivity contribution in [2.75, 3.05) is 47.5 Å². The molecule has 78 heavy (non-hydrogen) atoms. The summed E-state index contributed by atoms with van der Waals surface area (Å²) in [7, 11) is 1.12. The summed E-state index contributed by atoms with van der Waals surface area (Å²) in [5.41, 5.74) is 0. The average molecular weight is 1100 g/mol. The molecule has 440 valence electrons. The van der Waals surface area contributed by atoms with Gasteiger partial charge in [0.1, 0.15) is 19.8 Å². The second-order valence-electron chi connectivity index (χ2n) is 20.6. The zero-order chi connectivity index (χ0) is 57.0. The number of nitrogens with zero attached hydrogens (tertiary/aromatic N) is 1. The van der Waals surface area contributed by atoms with E-state index in [2.05, 4.69) is 172 Å². The molecule has 10 heteroatoms. The Balaban J connectivity index is 4.18. The van der Waals surface area contributed by atoms with Gasteiger partial charge in [0, 0.05) is 12.8 Å². The number of phosphoric acid groups is 1. The summed E-state index contributed by atoms with van der Waals surface area (Å²) in [6, 6.07) is 0. The predicted octanol–water partition coefficient (Wildman–Crippen LogP) is 18.6. The topological polar surface area (TPSA) is 111 Å². The van der Waals surface area contributed by atoms with Gasteiger partial charge in [-0.2, -0.15) is 0 Å². The molecule has 0 aliphatic rings. The number of likely N-dealkylation sites (N-methyl/N-ethyl adjacent to an activating group) is 1. The van der Waals surface area contributed by atoms with Crippen molar-refractivity contribution in [3.8, 4) is 0 Å². The molecule has 0 aromatic carbocycles. The summed E-state index contributed by atoms with van der Waals surface area (Å²) >= 11 is 0. The van der Waals surface area contributed by atoms with E-state index in [0.717, 1.165) is 135 Å². The maximum Gasteiger partial charge on any atom is 0.306 e. The van der Waals surface area contributed by atoms with E-state index < -0.39 is 32.5 Å². The lowest BCUT2D eigenvalue weighted by molar-refractivity contribution is -0.870. The van der Waals surface area contributed by atoms with Gasteiger partial charge < -0.3 is 27.9 Å². The molecule has 0 amide bonds. The van der Waals surface area contributed by atoms with Crippen LogP contribution in [0.4, 0.5) is 0 Å². The number of carbonyl (C=O) groups is 2. The normalized spacial score (nSPS) is 14.4. The van der Waals surface area contributed by atoms with Gasteiger partial charge >= 0.3 is 11.9 Å². The molecule has 0 aliphatic heterocycles. The Hall–Kier alpha value is -4.37. The van der Waals surface area contributed by atoms with Gasteiger partial charge in [0.2, 0.25) is 0 Å². The molecule has 0 N–H and O–H groups in total. The first-order valence-electron chi connectivity index (χ1n) is 30.2. The van der Waals surface area contributed by atoms with E-state index in [0.29, 0.717) is 23.9 Å². The molecule has 2 atom stereocenters. The highest BCUT2D eigenvalue weighted by molar-refractivity contribution is 7.45. The van der Waals surface area contributed by atoms with Gasteiger partial charge in [0.05, 0.1) is 27.7 Å². The van der Waals surface area contributed by atoms with Crippen LogP contribution < -0.4 is 4.89 Å². The summed E-state index contributed by atoms with van der Waals surface area (Å²) in [4.78, 5) is 37.9. The minimum Gasteiger partial charge on any atom is -0.756 e. The Morgan fingerprint density at radius 3 is 1.03 bits per heavy atom. The molecule has 0 saturated heterocycles. The van der Waals surface area contributed by atoms with Gasteiger partial charge in [-0.1, -0.05) is 230 Å². The summed E-state index contributed by atoms with van der Waals surface area (Å²) in [6.45, 7) is 3.95. The molecular weight excluding hydrogens is 990 g/mol. The SMILES string of the molecule is CC/C=C\C/C=C\C/C=C\C/C=C\C/C=C\C/C=C\C/C=C\C/C=C\C/C=C\CCCCCCCCCCCC(=O)OC(COC(=O)CCCCCC/C=C\C/C=C\C/C=C\C/C=C\CC)COP(=O)([O-])OCC[N+](C)(C)C. The molecule has 0 fully saturated rings. The van der Waals surface area contributed by atoms with E-state index in [1.54, 1.807) is 0 Å². The van der Waals surface area contributed by atoms with Gasteiger partial charge in [-0.05, 0) is 122 Å². The molecule has 0 radical (unpaired) electrons. The van der Waals surface area contributed by atoms with E-state index in [1.165, 1.54) is 32.1 Å². The first kappa shape index (κ1) is 73.6. The minimum absolute atomic E-state index is 0.0451. The maximum atomic E-state index is 12.8. The molecule has 0 saturated carbocycles. The predicted molar refractivity (Wildman–Crippen MR) is 332 cm³/mol. The number of unbranched alkanes of at least 4 members (excludes halogenated alkanes) is 13. The van der Waals surface area contributed by atoms with E-state index in [4.69, 9.17) is 18.5 Å². The molecular formula is C68H110NO8P. The second kappa shape index (κ2) is 57.3. The summed E-state index contributed by atoms with van der Waals surface area (Å²) in [5, 5.41) is 0. The summed E-state index contributed by atoms with van der Waals surface area (Å²) < 4.78 is 34.1. The second-order valence-corrected chi connectivity index (χ2v) is 22.0. The van der Waals surface area contributed by atoms with E-state index in [1.807, 2.05) is 21.1 Å². The van der Waals surface area contributed by atoms with Crippen molar-refractivity contribution in [1.29, 1.82) is 0 Å². The molecule has 0 aromatic rings. The van der Waals surface area contributed by atoms with E-state index >= 15 is 0 Å². The monoisotopic (exact) mass is 1100 g/mol. The van der Waals surface area contributed by atoms with Crippen LogP contribution in [0.5, 0.6) is 0 Å². The highest BCUT2D eigenvalue weighted by Crippen LogP contribution is 2.38. The summed E-state index contributed by atoms with van der Waals surface area (Å²) in [6.07, 6.45) is 85.8. The number of quaternary nitrogens is 1. The highest BCUT2D eigenvalue weighted by atomic mass is 31.2. The smallest absolute Gasteiger partial charge is 0.306 e. The first-order chi connectivity index (χ1) is 38.0. The molecule has 2 unspecified atom stereocenters. The van der Waals surface area contributed by atoms with E-state index in [9.17, 15) is 19.0 Å². The van der Waals surface area contributed by atoms with Crippen molar-refractivity contribution >= 4 is 19.8 Å². The van der Waals surface area contributed by atoms with E-state index in [-0.39, 0.29) is 26.1 Å². The Morgan fingerprint density at radius 1 is 0.397 bits per heavy atom. The largest absolute Gasteiger partial charge is 0.756 e. The van der Waals surface area contributed by atoms with Crippen LogP contribution in [-0.2, 0) is 32.7 Å². The lowest BCUT2D eigenvalue weighted by Gasteiger charge is -2.28. The van der Waals surface area contributed by atoms with Crippen molar-refractivity contribution in [3.05, 3.63) is 158 Å². The van der Waals surface area contributed by atoms with Crippen LogP contribution in [0.2, 0.25) is 0 Å². The number of carbonyl (C=O) groups excluding carboxylic acids is 2. The van der Waals surface area contributed by atoms with Crippen LogP contribution >= 0.6 is 7.82 Å². The number of hydrogen-bond acceptors (Lipinski definition) is 8. The van der Waals surface area contributed by atoms with Crippen LogP contribution in [0, 0.1) is 0 Å². The summed E-state index contributed by atoms with van der Waals surface area (Å²) in [5.74, 6) is -0.881. The Bertz CT molecular complexity index is 1870. The molecule has 9 nitrogen and oxygen atoms in total. The standard InChI is InChI=1S/C68H110NO8P/c1-6-8-10-12-14-16-18-20-22-24-25-26-27-28-29-30-31-32-33-34-35-36-37-38-39-40-41-42-43-45-47-49-51-53-55-57-59-61-68(71)77-66(65-76-78(72,73)75-63-62-69(3,4)5)64-74-67(70)60-58-56-54-52-50-48-46-44-23-21-19-17-15-13-11-9-7-2/h8-11,14-17,20-23,25-26,28-29,31-32,34-35,37-38,40-41,46,48,66H,6-7,12-13,18-19,24,27,30,33,36,39,42-45,47,49-65H2,1-5H3/b10-8-,11-9-,16-14-,17-15-,22-20-,23-21-,26-25-,29-28-,32-31-,35-34-,38-37-,41-40-,48-46-. The molecule has 0 aliphatic carbocycles. The Kier molecular flexibility index (Phi) is 54.1. The highest BCUT2D eigenvalue weighted by Gasteiger charge is 2.21. The van der Waals surface area contributed by atoms with Gasteiger partial charge in [0.25, 0.3) is 7.82 Å². The average Bonchev–Trinajstić information content (AvgIpc) is 3.41. The van der Waals surface area contributed by atoms with Crippen LogP contribution in [-0.4, -0.2) is 70.0 Å². The zero-order valence-corrected chi connectivity index (χ0v) is 50.7. The third kappa shape index (κ3) is 60.9. The molecule has 0 heterocycles. The van der Waals surface area contributed by atoms with Gasteiger partial charge in [0.15, 0.2) is 6.10 Å². The molecule has 0 rings (SSSR count).